The van der Waals surface area contributed by atoms with Gasteiger partial charge >= 0.3 is 0 Å². The number of ether oxygens (including phenoxy) is 1. The summed E-state index contributed by atoms with van der Waals surface area (Å²) in [6.07, 6.45) is 1.72. The SMILES string of the molecule is C=CCN1C(=O)COc2cc(NCc3ccccc3C)ccc21. The van der Waals surface area contributed by atoms with Crippen LogP contribution in [0.5, 0.6) is 5.75 Å². The Hall–Kier alpha value is -2.75. The molecule has 23 heavy (non-hydrogen) atoms. The summed E-state index contributed by atoms with van der Waals surface area (Å²) in [6.45, 7) is 7.12. The number of nitrogens with one attached hydrogen (secondary N) is 1. The van der Waals surface area contributed by atoms with Crippen LogP contribution in [-0.2, 0) is 11.3 Å². The largest absolute Gasteiger partial charge is 0.481 e. The minimum atomic E-state index is -0.0435. The fraction of sp³-hybridized carbons (Fsp3) is 0.211. The van der Waals surface area contributed by atoms with Crippen molar-refractivity contribution in [2.75, 3.05) is 23.4 Å². The van der Waals surface area contributed by atoms with Crippen molar-refractivity contribution in [3.8, 4) is 5.75 Å². The predicted molar refractivity (Wildman–Crippen MR) is 93.0 cm³/mol. The highest BCUT2D eigenvalue weighted by Crippen LogP contribution is 2.34. The molecule has 2 aromatic carbocycles. The summed E-state index contributed by atoms with van der Waals surface area (Å²) in [5.41, 5.74) is 4.29. The highest BCUT2D eigenvalue weighted by molar-refractivity contribution is 5.98. The van der Waals surface area contributed by atoms with Crippen molar-refractivity contribution in [3.63, 3.8) is 0 Å². The van der Waals surface area contributed by atoms with Gasteiger partial charge in [-0.15, -0.1) is 6.58 Å². The molecule has 118 valence electrons. The smallest absolute Gasteiger partial charge is 0.265 e. The summed E-state index contributed by atoms with van der Waals surface area (Å²) in [4.78, 5) is 13.6. The van der Waals surface area contributed by atoms with E-state index >= 15 is 0 Å². The van der Waals surface area contributed by atoms with E-state index in [-0.39, 0.29) is 12.5 Å². The molecule has 1 aliphatic rings. The second-order valence-electron chi connectivity index (χ2n) is 5.54. The Labute approximate surface area is 136 Å². The fourth-order valence-corrected chi connectivity index (χ4v) is 2.65. The lowest BCUT2D eigenvalue weighted by atomic mass is 10.1. The van der Waals surface area contributed by atoms with E-state index in [0.717, 1.165) is 23.7 Å². The fourth-order valence-electron chi connectivity index (χ4n) is 2.65. The molecule has 0 spiro atoms. The van der Waals surface area contributed by atoms with Crippen molar-refractivity contribution in [2.45, 2.75) is 13.5 Å². The summed E-state index contributed by atoms with van der Waals surface area (Å²) < 4.78 is 5.56. The molecule has 0 fully saturated rings. The van der Waals surface area contributed by atoms with Gasteiger partial charge in [-0.05, 0) is 30.2 Å². The standard InChI is InChI=1S/C19H20N2O2/c1-3-10-21-17-9-8-16(11-18(17)23-13-19(21)22)20-12-15-7-5-4-6-14(15)2/h3-9,11,20H,1,10,12-13H2,2H3. The molecule has 0 saturated carbocycles. The minimum absolute atomic E-state index is 0.0435. The molecule has 0 atom stereocenters. The van der Waals surface area contributed by atoms with Crippen LogP contribution in [0, 0.1) is 6.92 Å². The number of aryl methyl sites for hydroxylation is 1. The van der Waals surface area contributed by atoms with Gasteiger partial charge in [0.25, 0.3) is 5.91 Å². The molecule has 0 saturated heterocycles. The molecule has 3 rings (SSSR count). The van der Waals surface area contributed by atoms with Gasteiger partial charge in [-0.25, -0.2) is 0 Å². The third-order valence-electron chi connectivity index (χ3n) is 3.96. The van der Waals surface area contributed by atoms with Crippen molar-refractivity contribution >= 4 is 17.3 Å². The Morgan fingerprint density at radius 3 is 2.91 bits per heavy atom. The van der Waals surface area contributed by atoms with Gasteiger partial charge in [-0.1, -0.05) is 30.3 Å². The summed E-state index contributed by atoms with van der Waals surface area (Å²) in [7, 11) is 0. The van der Waals surface area contributed by atoms with Crippen LogP contribution in [0.3, 0.4) is 0 Å². The first-order valence-electron chi connectivity index (χ1n) is 7.65. The predicted octanol–water partition coefficient (Wildman–Crippen LogP) is 3.52. The number of hydrogen-bond donors (Lipinski definition) is 1. The molecule has 1 aliphatic heterocycles. The van der Waals surface area contributed by atoms with Gasteiger partial charge in [-0.3, -0.25) is 4.79 Å². The molecule has 1 heterocycles. The third kappa shape index (κ3) is 3.21. The van der Waals surface area contributed by atoms with Gasteiger partial charge in [0.2, 0.25) is 0 Å². The van der Waals surface area contributed by atoms with Crippen LogP contribution in [0.25, 0.3) is 0 Å². The van der Waals surface area contributed by atoms with Crippen molar-refractivity contribution in [1.82, 2.24) is 0 Å². The quantitative estimate of drug-likeness (QED) is 0.859. The Balaban J connectivity index is 1.77. The zero-order valence-electron chi connectivity index (χ0n) is 13.2. The highest BCUT2D eigenvalue weighted by Gasteiger charge is 2.24. The third-order valence-corrected chi connectivity index (χ3v) is 3.96. The first-order chi connectivity index (χ1) is 11.2. The zero-order valence-corrected chi connectivity index (χ0v) is 13.2. The van der Waals surface area contributed by atoms with E-state index in [4.69, 9.17) is 4.74 Å². The average molecular weight is 308 g/mol. The molecule has 0 radical (unpaired) electrons. The van der Waals surface area contributed by atoms with Crippen molar-refractivity contribution in [2.24, 2.45) is 0 Å². The van der Waals surface area contributed by atoms with Crippen molar-refractivity contribution in [1.29, 1.82) is 0 Å². The number of fused-ring (bicyclic) bond motifs is 1. The summed E-state index contributed by atoms with van der Waals surface area (Å²) in [5.74, 6) is 0.680. The number of nitrogens with zero attached hydrogens (tertiary/aromatic N) is 1. The van der Waals surface area contributed by atoms with Crippen LogP contribution < -0.4 is 15.0 Å². The van der Waals surface area contributed by atoms with E-state index < -0.39 is 0 Å². The van der Waals surface area contributed by atoms with Crippen LogP contribution >= 0.6 is 0 Å². The Bertz CT molecular complexity index is 740. The van der Waals surface area contributed by atoms with E-state index in [1.54, 1.807) is 11.0 Å². The summed E-state index contributed by atoms with van der Waals surface area (Å²) in [5, 5.41) is 3.41. The molecule has 0 bridgehead atoms. The van der Waals surface area contributed by atoms with Gasteiger partial charge in [-0.2, -0.15) is 0 Å². The van der Waals surface area contributed by atoms with E-state index in [0.29, 0.717) is 6.54 Å². The number of hydrogen-bond acceptors (Lipinski definition) is 3. The maximum atomic E-state index is 11.9. The van der Waals surface area contributed by atoms with Crippen LogP contribution in [0.1, 0.15) is 11.1 Å². The van der Waals surface area contributed by atoms with E-state index in [2.05, 4.69) is 31.0 Å². The number of rotatable bonds is 5. The average Bonchev–Trinajstić information content (AvgIpc) is 2.57. The molecule has 1 N–H and O–H groups in total. The first-order valence-corrected chi connectivity index (χ1v) is 7.65. The second kappa shape index (κ2) is 6.57. The van der Waals surface area contributed by atoms with Gasteiger partial charge in [0, 0.05) is 24.8 Å². The normalized spacial score (nSPS) is 13.3. The number of carbonyl (C=O) groups excluding carboxylic acids is 1. The second-order valence-corrected chi connectivity index (χ2v) is 5.54. The number of amides is 1. The van der Waals surface area contributed by atoms with Gasteiger partial charge in [0.1, 0.15) is 5.75 Å². The minimum Gasteiger partial charge on any atom is -0.481 e. The molecular weight excluding hydrogens is 288 g/mol. The monoisotopic (exact) mass is 308 g/mol. The molecular formula is C19H20N2O2. The molecule has 0 unspecified atom stereocenters. The van der Waals surface area contributed by atoms with Gasteiger partial charge < -0.3 is 15.0 Å². The Kier molecular flexibility index (Phi) is 4.33. The molecule has 4 nitrogen and oxygen atoms in total. The lowest BCUT2D eigenvalue weighted by molar-refractivity contribution is -0.121. The number of anilines is 2. The number of carbonyl (C=O) groups is 1. The topological polar surface area (TPSA) is 41.6 Å². The Morgan fingerprint density at radius 1 is 1.30 bits per heavy atom. The molecule has 0 aromatic heterocycles. The molecule has 0 aliphatic carbocycles. The van der Waals surface area contributed by atoms with E-state index in [9.17, 15) is 4.79 Å². The Morgan fingerprint density at radius 2 is 2.13 bits per heavy atom. The van der Waals surface area contributed by atoms with E-state index in [1.165, 1.54) is 11.1 Å². The van der Waals surface area contributed by atoms with Crippen LogP contribution in [0.2, 0.25) is 0 Å². The van der Waals surface area contributed by atoms with E-state index in [1.807, 2.05) is 30.3 Å². The molecule has 1 amide bonds. The maximum absolute atomic E-state index is 11.9. The summed E-state index contributed by atoms with van der Waals surface area (Å²) in [6, 6.07) is 14.1. The molecule has 4 heteroatoms. The highest BCUT2D eigenvalue weighted by atomic mass is 16.5. The van der Waals surface area contributed by atoms with Crippen LogP contribution in [-0.4, -0.2) is 19.1 Å². The zero-order chi connectivity index (χ0) is 16.2. The van der Waals surface area contributed by atoms with Gasteiger partial charge in [0.15, 0.2) is 6.61 Å². The lowest BCUT2D eigenvalue weighted by Crippen LogP contribution is -2.38. The van der Waals surface area contributed by atoms with Crippen molar-refractivity contribution in [3.05, 3.63) is 66.2 Å². The first kappa shape index (κ1) is 15.2. The van der Waals surface area contributed by atoms with Gasteiger partial charge in [0.05, 0.1) is 5.69 Å². The summed E-state index contributed by atoms with van der Waals surface area (Å²) >= 11 is 0. The van der Waals surface area contributed by atoms with Crippen molar-refractivity contribution < 1.29 is 9.53 Å². The van der Waals surface area contributed by atoms with Crippen LogP contribution in [0.15, 0.2) is 55.1 Å². The van der Waals surface area contributed by atoms with Crippen LogP contribution in [0.4, 0.5) is 11.4 Å². The maximum Gasteiger partial charge on any atom is 0.265 e. The number of benzene rings is 2. The molecule has 2 aromatic rings. The lowest BCUT2D eigenvalue weighted by Gasteiger charge is -2.28.